The highest BCUT2D eigenvalue weighted by atomic mass is 35.5. The molecule has 1 heterocycles. The summed E-state index contributed by atoms with van der Waals surface area (Å²) >= 11 is 6.09. The lowest BCUT2D eigenvalue weighted by Crippen LogP contribution is -1.92. The zero-order chi connectivity index (χ0) is 14.1. The van der Waals surface area contributed by atoms with Crippen molar-refractivity contribution in [3.05, 3.63) is 65.3 Å². The molecule has 0 atom stereocenters. The molecule has 3 rings (SSSR count). The lowest BCUT2D eigenvalue weighted by Gasteiger charge is -2.07. The van der Waals surface area contributed by atoms with Crippen LogP contribution in [0.4, 0.5) is 8.78 Å². The second kappa shape index (κ2) is 5.17. The highest BCUT2D eigenvalue weighted by Crippen LogP contribution is 2.30. The van der Waals surface area contributed by atoms with Crippen LogP contribution in [0.5, 0.6) is 0 Å². The van der Waals surface area contributed by atoms with E-state index in [-0.39, 0.29) is 5.69 Å². The van der Waals surface area contributed by atoms with Gasteiger partial charge in [0, 0.05) is 5.39 Å². The summed E-state index contributed by atoms with van der Waals surface area (Å²) in [5, 5.41) is 0.973. The standard InChI is InChI=1S/C16H10ClF2N/c17-13-9-15(16(18)19)20-14-7-6-11(8-12(13)14)10-4-2-1-3-5-10/h1-9,16H. The van der Waals surface area contributed by atoms with Gasteiger partial charge >= 0.3 is 0 Å². The molecule has 100 valence electrons. The number of aromatic nitrogens is 1. The Morgan fingerprint density at radius 1 is 0.900 bits per heavy atom. The molecule has 0 N–H and O–H groups in total. The Kier molecular flexibility index (Phi) is 3.36. The van der Waals surface area contributed by atoms with Crippen molar-refractivity contribution >= 4 is 22.5 Å². The third kappa shape index (κ3) is 2.37. The number of rotatable bonds is 2. The van der Waals surface area contributed by atoms with Gasteiger partial charge in [0.25, 0.3) is 6.43 Å². The number of fused-ring (bicyclic) bond motifs is 1. The molecule has 3 aromatic rings. The first-order chi connectivity index (χ1) is 9.65. The third-order valence-corrected chi connectivity index (χ3v) is 3.42. The van der Waals surface area contributed by atoms with Crippen LogP contribution in [0.2, 0.25) is 5.02 Å². The monoisotopic (exact) mass is 289 g/mol. The van der Waals surface area contributed by atoms with Crippen molar-refractivity contribution < 1.29 is 8.78 Å². The van der Waals surface area contributed by atoms with Crippen molar-refractivity contribution in [1.82, 2.24) is 4.98 Å². The SMILES string of the molecule is FC(F)c1cc(Cl)c2cc(-c3ccccc3)ccc2n1. The Labute approximate surface area is 119 Å². The molecule has 0 radical (unpaired) electrons. The molecule has 2 aromatic carbocycles. The summed E-state index contributed by atoms with van der Waals surface area (Å²) < 4.78 is 25.4. The second-order valence-corrected chi connectivity index (χ2v) is 4.83. The molecule has 0 unspecified atom stereocenters. The van der Waals surface area contributed by atoms with E-state index in [4.69, 9.17) is 11.6 Å². The van der Waals surface area contributed by atoms with E-state index in [1.807, 2.05) is 42.5 Å². The van der Waals surface area contributed by atoms with Crippen LogP contribution in [0.25, 0.3) is 22.0 Å². The average molecular weight is 290 g/mol. The van der Waals surface area contributed by atoms with Crippen molar-refractivity contribution in [2.45, 2.75) is 6.43 Å². The zero-order valence-corrected chi connectivity index (χ0v) is 11.1. The van der Waals surface area contributed by atoms with Crippen LogP contribution in [-0.2, 0) is 0 Å². The fourth-order valence-corrected chi connectivity index (χ4v) is 2.39. The topological polar surface area (TPSA) is 12.9 Å². The molecule has 0 saturated carbocycles. The number of hydrogen-bond acceptors (Lipinski definition) is 1. The second-order valence-electron chi connectivity index (χ2n) is 4.43. The van der Waals surface area contributed by atoms with Crippen molar-refractivity contribution in [2.75, 3.05) is 0 Å². The van der Waals surface area contributed by atoms with Crippen LogP contribution in [0.15, 0.2) is 54.6 Å². The third-order valence-electron chi connectivity index (χ3n) is 3.11. The van der Waals surface area contributed by atoms with Crippen molar-refractivity contribution in [3.63, 3.8) is 0 Å². The van der Waals surface area contributed by atoms with E-state index in [1.165, 1.54) is 6.07 Å². The molecular weight excluding hydrogens is 280 g/mol. The van der Waals surface area contributed by atoms with E-state index in [0.717, 1.165) is 11.1 Å². The Hall–Kier alpha value is -2.00. The van der Waals surface area contributed by atoms with Gasteiger partial charge in [0.1, 0.15) is 5.69 Å². The fraction of sp³-hybridized carbons (Fsp3) is 0.0625. The molecule has 0 saturated heterocycles. The van der Waals surface area contributed by atoms with E-state index in [1.54, 1.807) is 6.07 Å². The lowest BCUT2D eigenvalue weighted by atomic mass is 10.0. The van der Waals surface area contributed by atoms with Crippen molar-refractivity contribution in [1.29, 1.82) is 0 Å². The minimum Gasteiger partial charge on any atom is -0.247 e. The molecule has 4 heteroatoms. The van der Waals surface area contributed by atoms with E-state index in [9.17, 15) is 8.78 Å². The van der Waals surface area contributed by atoms with Gasteiger partial charge in [-0.2, -0.15) is 0 Å². The normalized spacial score (nSPS) is 11.2. The van der Waals surface area contributed by atoms with Gasteiger partial charge in [0.15, 0.2) is 0 Å². The summed E-state index contributed by atoms with van der Waals surface area (Å²) in [4.78, 5) is 3.94. The van der Waals surface area contributed by atoms with Crippen LogP contribution < -0.4 is 0 Å². The molecule has 0 spiro atoms. The van der Waals surface area contributed by atoms with Gasteiger partial charge in [0.05, 0.1) is 10.5 Å². The molecule has 0 aliphatic heterocycles. The van der Waals surface area contributed by atoms with Crippen LogP contribution >= 0.6 is 11.6 Å². The summed E-state index contributed by atoms with van der Waals surface area (Å²) in [6, 6.07) is 16.5. The Morgan fingerprint density at radius 2 is 1.65 bits per heavy atom. The van der Waals surface area contributed by atoms with Crippen LogP contribution in [0.3, 0.4) is 0 Å². The number of halogens is 3. The predicted octanol–water partition coefficient (Wildman–Crippen LogP) is 5.49. The minimum atomic E-state index is -2.62. The Balaban J connectivity index is 2.17. The molecule has 1 aromatic heterocycles. The summed E-state index contributed by atoms with van der Waals surface area (Å²) in [5.41, 5.74) is 2.21. The Bertz CT molecular complexity index is 757. The first kappa shape index (κ1) is 13.0. The van der Waals surface area contributed by atoms with Crippen molar-refractivity contribution in [3.8, 4) is 11.1 Å². The maximum absolute atomic E-state index is 12.7. The van der Waals surface area contributed by atoms with Gasteiger partial charge in [-0.15, -0.1) is 0 Å². The average Bonchev–Trinajstić information content (AvgIpc) is 2.47. The Morgan fingerprint density at radius 3 is 2.35 bits per heavy atom. The summed E-state index contributed by atoms with van der Waals surface area (Å²) in [7, 11) is 0. The lowest BCUT2D eigenvalue weighted by molar-refractivity contribution is 0.146. The van der Waals surface area contributed by atoms with Gasteiger partial charge in [-0.25, -0.2) is 13.8 Å². The van der Waals surface area contributed by atoms with E-state index in [2.05, 4.69) is 4.98 Å². The van der Waals surface area contributed by atoms with E-state index < -0.39 is 6.43 Å². The van der Waals surface area contributed by atoms with E-state index in [0.29, 0.717) is 15.9 Å². The first-order valence-corrected chi connectivity index (χ1v) is 6.47. The number of pyridine rings is 1. The first-order valence-electron chi connectivity index (χ1n) is 6.09. The predicted molar refractivity (Wildman–Crippen MR) is 77.1 cm³/mol. The van der Waals surface area contributed by atoms with E-state index >= 15 is 0 Å². The molecule has 20 heavy (non-hydrogen) atoms. The molecule has 0 aliphatic carbocycles. The highest BCUT2D eigenvalue weighted by molar-refractivity contribution is 6.35. The van der Waals surface area contributed by atoms with Crippen molar-refractivity contribution in [2.24, 2.45) is 0 Å². The van der Waals surface area contributed by atoms with Crippen LogP contribution in [0.1, 0.15) is 12.1 Å². The largest absolute Gasteiger partial charge is 0.280 e. The van der Waals surface area contributed by atoms with Gasteiger partial charge in [-0.1, -0.05) is 48.0 Å². The van der Waals surface area contributed by atoms with Gasteiger partial charge in [-0.3, -0.25) is 0 Å². The molecule has 1 nitrogen and oxygen atoms in total. The maximum atomic E-state index is 12.7. The van der Waals surface area contributed by atoms with Gasteiger partial charge < -0.3 is 0 Å². The summed E-state index contributed by atoms with van der Waals surface area (Å²) in [6.07, 6.45) is -2.62. The number of benzene rings is 2. The van der Waals surface area contributed by atoms with Crippen LogP contribution in [-0.4, -0.2) is 4.98 Å². The van der Waals surface area contributed by atoms with Crippen LogP contribution in [0, 0.1) is 0 Å². The fourth-order valence-electron chi connectivity index (χ4n) is 2.13. The summed E-state index contributed by atoms with van der Waals surface area (Å²) in [6.45, 7) is 0. The minimum absolute atomic E-state index is 0.295. The summed E-state index contributed by atoms with van der Waals surface area (Å²) in [5.74, 6) is 0. The molecule has 0 bridgehead atoms. The number of nitrogens with zero attached hydrogens (tertiary/aromatic N) is 1. The zero-order valence-electron chi connectivity index (χ0n) is 10.4. The highest BCUT2D eigenvalue weighted by Gasteiger charge is 2.12. The molecule has 0 aliphatic rings. The van der Waals surface area contributed by atoms with Gasteiger partial charge in [-0.05, 0) is 29.3 Å². The number of hydrogen-bond donors (Lipinski definition) is 0. The quantitative estimate of drug-likeness (QED) is 0.607. The van der Waals surface area contributed by atoms with Gasteiger partial charge in [0.2, 0.25) is 0 Å². The molecule has 0 fully saturated rings. The number of alkyl halides is 2. The molecule has 0 amide bonds. The smallest absolute Gasteiger partial charge is 0.247 e. The molecular formula is C16H10ClF2N. The maximum Gasteiger partial charge on any atom is 0.280 e.